The summed E-state index contributed by atoms with van der Waals surface area (Å²) in [7, 11) is 0. The first-order valence-electron chi connectivity index (χ1n) is 4.49. The molecule has 0 bridgehead atoms. The lowest BCUT2D eigenvalue weighted by Gasteiger charge is -2.08. The van der Waals surface area contributed by atoms with Crippen molar-refractivity contribution < 1.29 is 13.2 Å². The Morgan fingerprint density at radius 2 is 2.13 bits per heavy atom. The van der Waals surface area contributed by atoms with Crippen LogP contribution in [0.25, 0.3) is 0 Å². The van der Waals surface area contributed by atoms with Gasteiger partial charge in [0.15, 0.2) is 0 Å². The Balaban J connectivity index is 2.15. The molecule has 0 saturated heterocycles. The molecule has 0 aromatic carbocycles. The lowest BCUT2D eigenvalue weighted by molar-refractivity contribution is -0.0327. The number of halogens is 3. The third-order valence-corrected chi connectivity index (χ3v) is 2.40. The van der Waals surface area contributed by atoms with E-state index in [1.807, 2.05) is 0 Å². The van der Waals surface area contributed by atoms with Gasteiger partial charge < -0.3 is 5.32 Å². The molecule has 8 heteroatoms. The Hall–Kier alpha value is -0.630. The molecule has 0 aromatic heterocycles. The van der Waals surface area contributed by atoms with E-state index in [9.17, 15) is 13.2 Å². The summed E-state index contributed by atoms with van der Waals surface area (Å²) in [5.41, 5.74) is -1.87. The van der Waals surface area contributed by atoms with Crippen LogP contribution in [0.4, 0.5) is 13.2 Å². The zero-order chi connectivity index (χ0) is 11.3. The van der Waals surface area contributed by atoms with Crippen LogP contribution >= 0.6 is 11.8 Å². The molecule has 4 nitrogen and oxygen atoms in total. The molecule has 0 aliphatic heterocycles. The number of thioether (sulfide) groups is 1. The summed E-state index contributed by atoms with van der Waals surface area (Å²) in [6, 6.07) is 0.370. The normalized spacial score (nSPS) is 17.7. The number of rotatable bonds is 4. The van der Waals surface area contributed by atoms with Crippen LogP contribution < -0.4 is 16.6 Å². The maximum Gasteiger partial charge on any atom is 0.441 e. The molecule has 1 fully saturated rings. The third-order valence-electron chi connectivity index (χ3n) is 1.68. The van der Waals surface area contributed by atoms with Crippen LogP contribution in [0.5, 0.6) is 0 Å². The van der Waals surface area contributed by atoms with Crippen molar-refractivity contribution in [2.75, 3.05) is 12.3 Å². The molecule has 88 valence electrons. The molecule has 0 unspecified atom stereocenters. The van der Waals surface area contributed by atoms with Gasteiger partial charge in [0.05, 0.1) is 6.54 Å². The summed E-state index contributed by atoms with van der Waals surface area (Å²) in [5.74, 6) is 5.41. The standard InChI is InChI=1S/C7H13F3N4S/c8-7(9,10)15-4-3-12-6(14-11)13-5-1-2-5/h5H,1-4,11H2,(H2,12,13,14). The van der Waals surface area contributed by atoms with Gasteiger partial charge in [-0.05, 0) is 24.6 Å². The van der Waals surface area contributed by atoms with Crippen molar-refractivity contribution in [2.45, 2.75) is 24.4 Å². The van der Waals surface area contributed by atoms with E-state index in [0.717, 1.165) is 12.8 Å². The molecule has 15 heavy (non-hydrogen) atoms. The summed E-state index contributed by atoms with van der Waals surface area (Å²) >= 11 is -0.0829. The lowest BCUT2D eigenvalue weighted by atomic mass is 10.7. The SMILES string of the molecule is NNC(=NCCSC(F)(F)F)NC1CC1. The van der Waals surface area contributed by atoms with E-state index in [0.29, 0.717) is 12.0 Å². The maximum atomic E-state index is 11.7. The number of hydrogen-bond acceptors (Lipinski definition) is 3. The molecule has 1 aliphatic rings. The second-order valence-electron chi connectivity index (χ2n) is 3.09. The number of hydrazine groups is 1. The molecule has 4 N–H and O–H groups in total. The quantitative estimate of drug-likeness (QED) is 0.224. The highest BCUT2D eigenvalue weighted by Crippen LogP contribution is 2.29. The minimum Gasteiger partial charge on any atom is -0.353 e. The largest absolute Gasteiger partial charge is 0.441 e. The molecular weight excluding hydrogens is 229 g/mol. The first-order chi connectivity index (χ1) is 7.01. The summed E-state index contributed by atoms with van der Waals surface area (Å²) < 4.78 is 35.2. The van der Waals surface area contributed by atoms with Crippen molar-refractivity contribution in [3.8, 4) is 0 Å². The van der Waals surface area contributed by atoms with Gasteiger partial charge in [0.25, 0.3) is 0 Å². The fourth-order valence-electron chi connectivity index (χ4n) is 0.873. The summed E-state index contributed by atoms with van der Waals surface area (Å²) in [4.78, 5) is 3.87. The molecule has 0 aromatic rings. The van der Waals surface area contributed by atoms with Crippen LogP contribution in [-0.2, 0) is 0 Å². The Morgan fingerprint density at radius 3 is 2.60 bits per heavy atom. The number of hydrogen-bond donors (Lipinski definition) is 3. The molecule has 1 saturated carbocycles. The average Bonchev–Trinajstić information content (AvgIpc) is 2.92. The number of nitrogens with one attached hydrogen (secondary N) is 2. The number of nitrogens with two attached hydrogens (primary N) is 1. The highest BCUT2D eigenvalue weighted by molar-refractivity contribution is 8.00. The van der Waals surface area contributed by atoms with Crippen LogP contribution in [0.3, 0.4) is 0 Å². The molecule has 0 radical (unpaired) electrons. The van der Waals surface area contributed by atoms with Gasteiger partial charge in [-0.25, -0.2) is 5.84 Å². The second kappa shape index (κ2) is 5.45. The van der Waals surface area contributed by atoms with Crippen LogP contribution in [0.15, 0.2) is 4.99 Å². The Bertz CT molecular complexity index is 227. The number of nitrogens with zero attached hydrogens (tertiary/aromatic N) is 1. The van der Waals surface area contributed by atoms with Crippen molar-refractivity contribution in [3.63, 3.8) is 0 Å². The minimum absolute atomic E-state index is 0.0829. The zero-order valence-electron chi connectivity index (χ0n) is 7.97. The predicted molar refractivity (Wildman–Crippen MR) is 54.3 cm³/mol. The number of aliphatic imine (C=N–C) groups is 1. The summed E-state index contributed by atoms with van der Waals surface area (Å²) in [6.45, 7) is 0.0867. The lowest BCUT2D eigenvalue weighted by Crippen LogP contribution is -2.42. The minimum atomic E-state index is -4.18. The van der Waals surface area contributed by atoms with Crippen LogP contribution in [0, 0.1) is 0 Å². The zero-order valence-corrected chi connectivity index (χ0v) is 8.79. The highest BCUT2D eigenvalue weighted by atomic mass is 32.2. The molecule has 0 atom stereocenters. The van der Waals surface area contributed by atoms with Crippen LogP contribution in [0.2, 0.25) is 0 Å². The van der Waals surface area contributed by atoms with Crippen molar-refractivity contribution in [2.24, 2.45) is 10.8 Å². The molecule has 1 aliphatic carbocycles. The smallest absolute Gasteiger partial charge is 0.353 e. The highest BCUT2D eigenvalue weighted by Gasteiger charge is 2.27. The van der Waals surface area contributed by atoms with E-state index in [-0.39, 0.29) is 24.1 Å². The maximum absolute atomic E-state index is 11.7. The predicted octanol–water partition coefficient (Wildman–Crippen LogP) is 0.811. The van der Waals surface area contributed by atoms with Gasteiger partial charge in [-0.2, -0.15) is 13.2 Å². The molecule has 0 amide bonds. The monoisotopic (exact) mass is 242 g/mol. The van der Waals surface area contributed by atoms with Gasteiger partial charge in [0.2, 0.25) is 5.96 Å². The van der Waals surface area contributed by atoms with Gasteiger partial charge in [-0.1, -0.05) is 0 Å². The van der Waals surface area contributed by atoms with E-state index in [4.69, 9.17) is 5.84 Å². The number of alkyl halides is 3. The van der Waals surface area contributed by atoms with E-state index >= 15 is 0 Å². The van der Waals surface area contributed by atoms with Crippen molar-refractivity contribution in [3.05, 3.63) is 0 Å². The van der Waals surface area contributed by atoms with Crippen molar-refractivity contribution in [1.29, 1.82) is 0 Å². The van der Waals surface area contributed by atoms with E-state index in [1.165, 1.54) is 0 Å². The van der Waals surface area contributed by atoms with Gasteiger partial charge >= 0.3 is 5.51 Å². The molecule has 0 heterocycles. The topological polar surface area (TPSA) is 62.4 Å². The van der Waals surface area contributed by atoms with Gasteiger partial charge in [0, 0.05) is 11.8 Å². The molecular formula is C7H13F3N4S. The Morgan fingerprint density at radius 1 is 1.47 bits per heavy atom. The number of guanidine groups is 1. The van der Waals surface area contributed by atoms with Crippen molar-refractivity contribution in [1.82, 2.24) is 10.7 Å². The van der Waals surface area contributed by atoms with Gasteiger partial charge in [0.1, 0.15) is 0 Å². The van der Waals surface area contributed by atoms with E-state index in [1.54, 1.807) is 0 Å². The van der Waals surface area contributed by atoms with Crippen molar-refractivity contribution >= 4 is 17.7 Å². The van der Waals surface area contributed by atoms with Gasteiger partial charge in [-0.15, -0.1) is 0 Å². The molecule has 1 rings (SSSR count). The Kier molecular flexibility index (Phi) is 4.52. The van der Waals surface area contributed by atoms with E-state index in [2.05, 4.69) is 15.7 Å². The first kappa shape index (κ1) is 12.4. The van der Waals surface area contributed by atoms with E-state index < -0.39 is 5.51 Å². The first-order valence-corrected chi connectivity index (χ1v) is 5.48. The van der Waals surface area contributed by atoms with Gasteiger partial charge in [-0.3, -0.25) is 10.4 Å². The summed E-state index contributed by atoms with van der Waals surface area (Å²) in [5, 5.41) is 2.96. The average molecular weight is 242 g/mol. The third kappa shape index (κ3) is 6.45. The Labute approximate surface area is 89.8 Å². The second-order valence-corrected chi connectivity index (χ2v) is 4.25. The molecule has 0 spiro atoms. The van der Waals surface area contributed by atoms with Crippen LogP contribution in [-0.4, -0.2) is 29.8 Å². The summed E-state index contributed by atoms with van der Waals surface area (Å²) in [6.07, 6.45) is 2.11. The van der Waals surface area contributed by atoms with Crippen LogP contribution in [0.1, 0.15) is 12.8 Å². The fourth-order valence-corrected chi connectivity index (χ4v) is 1.29. The fraction of sp³-hybridized carbons (Fsp3) is 0.857.